The Bertz CT molecular complexity index is 1190. The van der Waals surface area contributed by atoms with E-state index >= 15 is 0 Å². The first kappa shape index (κ1) is 19.5. The highest BCUT2D eigenvalue weighted by molar-refractivity contribution is 5.99. The van der Waals surface area contributed by atoms with Crippen LogP contribution in [0.25, 0.3) is 21.9 Å². The molecule has 0 aliphatic heterocycles. The van der Waals surface area contributed by atoms with Crippen molar-refractivity contribution in [2.24, 2.45) is 0 Å². The number of benzene rings is 3. The lowest BCUT2D eigenvalue weighted by Gasteiger charge is -2.13. The molecule has 0 radical (unpaired) electrons. The average molecular weight is 398 g/mol. The summed E-state index contributed by atoms with van der Waals surface area (Å²) in [5.41, 5.74) is 3.76. The van der Waals surface area contributed by atoms with Gasteiger partial charge in [0.25, 0.3) is 5.91 Å². The molecular formula is C25H22N2O3. The van der Waals surface area contributed by atoms with Crippen LogP contribution < -0.4 is 14.8 Å². The Morgan fingerprint density at radius 1 is 0.900 bits per heavy atom. The molecule has 1 amide bonds. The number of pyridine rings is 1. The zero-order chi connectivity index (χ0) is 20.9. The monoisotopic (exact) mass is 398 g/mol. The predicted molar refractivity (Wildman–Crippen MR) is 118 cm³/mol. The molecule has 150 valence electrons. The number of rotatable bonds is 6. The molecule has 0 saturated heterocycles. The summed E-state index contributed by atoms with van der Waals surface area (Å²) in [5.74, 6) is 1.40. The number of ether oxygens (including phenoxy) is 2. The fraction of sp³-hybridized carbons (Fsp3) is 0.120. The van der Waals surface area contributed by atoms with Crippen molar-refractivity contribution in [3.8, 4) is 22.6 Å². The highest BCUT2D eigenvalue weighted by Crippen LogP contribution is 2.32. The van der Waals surface area contributed by atoms with E-state index in [1.54, 1.807) is 44.7 Å². The summed E-state index contributed by atoms with van der Waals surface area (Å²) < 4.78 is 10.5. The topological polar surface area (TPSA) is 60.5 Å². The van der Waals surface area contributed by atoms with E-state index in [1.807, 2.05) is 36.5 Å². The third-order valence-corrected chi connectivity index (χ3v) is 5.08. The summed E-state index contributed by atoms with van der Waals surface area (Å²) in [6.07, 6.45) is 3.62. The third kappa shape index (κ3) is 3.96. The smallest absolute Gasteiger partial charge is 0.251 e. The third-order valence-electron chi connectivity index (χ3n) is 5.08. The number of hydrogen-bond donors (Lipinski definition) is 1. The van der Waals surface area contributed by atoms with Crippen LogP contribution in [0.1, 0.15) is 15.9 Å². The maximum Gasteiger partial charge on any atom is 0.251 e. The summed E-state index contributed by atoms with van der Waals surface area (Å²) in [6, 6.07) is 21.1. The van der Waals surface area contributed by atoms with Crippen LogP contribution in [0.15, 0.2) is 79.1 Å². The Morgan fingerprint density at radius 3 is 2.47 bits per heavy atom. The molecule has 1 N–H and O–H groups in total. The van der Waals surface area contributed by atoms with Crippen LogP contribution in [0.4, 0.5) is 0 Å². The standard InChI is InChI=1S/C25H22N2O3/c1-29-20-9-6-17(7-10-20)25(28)27-15-19-8-11-22(23-12-13-26-16-24(19)23)18-4-3-5-21(14-18)30-2/h3-14,16H,15H2,1-2H3,(H,27,28). The molecule has 0 spiro atoms. The molecule has 0 bridgehead atoms. The SMILES string of the molecule is COc1ccc(C(=O)NCc2ccc(-c3cccc(OC)c3)c3ccncc23)cc1. The summed E-state index contributed by atoms with van der Waals surface area (Å²) in [6.45, 7) is 0.408. The number of hydrogen-bond acceptors (Lipinski definition) is 4. The number of methoxy groups -OCH3 is 2. The number of nitrogens with zero attached hydrogens (tertiary/aromatic N) is 1. The molecule has 0 fully saturated rings. The second kappa shape index (κ2) is 8.66. The fourth-order valence-electron chi connectivity index (χ4n) is 3.47. The highest BCUT2D eigenvalue weighted by Gasteiger charge is 2.11. The van der Waals surface area contributed by atoms with Crippen LogP contribution in [0, 0.1) is 0 Å². The van der Waals surface area contributed by atoms with E-state index < -0.39 is 0 Å². The second-order valence-electron chi connectivity index (χ2n) is 6.84. The van der Waals surface area contributed by atoms with Gasteiger partial charge in [0.1, 0.15) is 11.5 Å². The van der Waals surface area contributed by atoms with Crippen LogP contribution >= 0.6 is 0 Å². The van der Waals surface area contributed by atoms with Gasteiger partial charge in [-0.25, -0.2) is 0 Å². The van der Waals surface area contributed by atoms with Crippen LogP contribution in [0.3, 0.4) is 0 Å². The van der Waals surface area contributed by atoms with E-state index in [1.165, 1.54) is 0 Å². The van der Waals surface area contributed by atoms with Crippen molar-refractivity contribution in [1.29, 1.82) is 0 Å². The van der Waals surface area contributed by atoms with Crippen molar-refractivity contribution >= 4 is 16.7 Å². The average Bonchev–Trinajstić information content (AvgIpc) is 2.82. The van der Waals surface area contributed by atoms with E-state index in [4.69, 9.17) is 9.47 Å². The molecule has 0 saturated carbocycles. The van der Waals surface area contributed by atoms with Crippen molar-refractivity contribution in [3.05, 3.63) is 90.3 Å². The van der Waals surface area contributed by atoms with Crippen molar-refractivity contribution in [3.63, 3.8) is 0 Å². The summed E-state index contributed by atoms with van der Waals surface area (Å²) >= 11 is 0. The molecule has 1 heterocycles. The molecule has 0 aliphatic carbocycles. The van der Waals surface area contributed by atoms with Crippen LogP contribution in [0.2, 0.25) is 0 Å². The molecule has 1 aromatic heterocycles. The predicted octanol–water partition coefficient (Wildman–Crippen LogP) is 4.85. The van der Waals surface area contributed by atoms with Crippen molar-refractivity contribution in [2.45, 2.75) is 6.54 Å². The Kier molecular flexibility index (Phi) is 5.61. The highest BCUT2D eigenvalue weighted by atomic mass is 16.5. The van der Waals surface area contributed by atoms with Gasteiger partial charge in [0.2, 0.25) is 0 Å². The van der Waals surface area contributed by atoms with Gasteiger partial charge in [-0.05, 0) is 64.5 Å². The van der Waals surface area contributed by atoms with Crippen molar-refractivity contribution < 1.29 is 14.3 Å². The number of nitrogens with one attached hydrogen (secondary N) is 1. The quantitative estimate of drug-likeness (QED) is 0.504. The van der Waals surface area contributed by atoms with E-state index in [9.17, 15) is 4.79 Å². The van der Waals surface area contributed by atoms with Gasteiger partial charge in [0, 0.05) is 29.9 Å². The molecule has 3 aromatic carbocycles. The number of carbonyl (C=O) groups is 1. The van der Waals surface area contributed by atoms with Gasteiger partial charge in [-0.2, -0.15) is 0 Å². The molecule has 5 nitrogen and oxygen atoms in total. The lowest BCUT2D eigenvalue weighted by atomic mass is 9.96. The van der Waals surface area contributed by atoms with Gasteiger partial charge in [0.15, 0.2) is 0 Å². The Balaban J connectivity index is 1.61. The zero-order valence-electron chi connectivity index (χ0n) is 16.9. The largest absolute Gasteiger partial charge is 0.497 e. The molecule has 0 unspecified atom stereocenters. The van der Waals surface area contributed by atoms with E-state index in [2.05, 4.69) is 22.4 Å². The number of amides is 1. The number of fused-ring (bicyclic) bond motifs is 1. The maximum absolute atomic E-state index is 12.5. The van der Waals surface area contributed by atoms with Gasteiger partial charge in [-0.1, -0.05) is 24.3 Å². The van der Waals surface area contributed by atoms with Crippen LogP contribution in [-0.4, -0.2) is 25.1 Å². The lowest BCUT2D eigenvalue weighted by Crippen LogP contribution is -2.22. The number of carbonyl (C=O) groups excluding carboxylic acids is 1. The molecule has 0 atom stereocenters. The van der Waals surface area contributed by atoms with Crippen molar-refractivity contribution in [1.82, 2.24) is 10.3 Å². The summed E-state index contributed by atoms with van der Waals surface area (Å²) in [5, 5.41) is 5.08. The Morgan fingerprint density at radius 2 is 1.70 bits per heavy atom. The summed E-state index contributed by atoms with van der Waals surface area (Å²) in [4.78, 5) is 16.8. The van der Waals surface area contributed by atoms with E-state index in [0.29, 0.717) is 12.1 Å². The lowest BCUT2D eigenvalue weighted by molar-refractivity contribution is 0.0951. The van der Waals surface area contributed by atoms with Crippen LogP contribution in [0.5, 0.6) is 11.5 Å². The minimum Gasteiger partial charge on any atom is -0.497 e. The maximum atomic E-state index is 12.5. The van der Waals surface area contributed by atoms with Crippen LogP contribution in [-0.2, 0) is 6.54 Å². The van der Waals surface area contributed by atoms with E-state index in [-0.39, 0.29) is 5.91 Å². The van der Waals surface area contributed by atoms with Gasteiger partial charge < -0.3 is 14.8 Å². The molecular weight excluding hydrogens is 376 g/mol. The van der Waals surface area contributed by atoms with Gasteiger partial charge in [-0.3, -0.25) is 9.78 Å². The molecule has 30 heavy (non-hydrogen) atoms. The number of aromatic nitrogens is 1. The Labute approximate surface area is 175 Å². The zero-order valence-corrected chi connectivity index (χ0v) is 16.9. The van der Waals surface area contributed by atoms with Crippen molar-refractivity contribution in [2.75, 3.05) is 14.2 Å². The normalized spacial score (nSPS) is 10.6. The molecule has 4 aromatic rings. The minimum absolute atomic E-state index is 0.133. The first-order valence-electron chi connectivity index (χ1n) is 9.62. The van der Waals surface area contributed by atoms with Gasteiger partial charge in [0.05, 0.1) is 14.2 Å². The minimum atomic E-state index is -0.133. The second-order valence-corrected chi connectivity index (χ2v) is 6.84. The first-order valence-corrected chi connectivity index (χ1v) is 9.62. The van der Waals surface area contributed by atoms with Gasteiger partial charge in [-0.15, -0.1) is 0 Å². The molecule has 4 rings (SSSR count). The van der Waals surface area contributed by atoms with E-state index in [0.717, 1.165) is 39.0 Å². The molecule has 5 heteroatoms. The first-order chi connectivity index (χ1) is 14.7. The molecule has 0 aliphatic rings. The fourth-order valence-corrected chi connectivity index (χ4v) is 3.47. The van der Waals surface area contributed by atoms with Gasteiger partial charge >= 0.3 is 0 Å². The summed E-state index contributed by atoms with van der Waals surface area (Å²) in [7, 11) is 3.26. The Hall–Kier alpha value is -3.86.